The van der Waals surface area contributed by atoms with Gasteiger partial charge in [0.1, 0.15) is 0 Å². The smallest absolute Gasteiger partial charge is 0.379 e. The Hall–Kier alpha value is -2.14. The van der Waals surface area contributed by atoms with Crippen molar-refractivity contribution >= 4 is 33.2 Å². The van der Waals surface area contributed by atoms with E-state index in [4.69, 9.17) is 16.3 Å². The van der Waals surface area contributed by atoms with Crippen LogP contribution in [-0.4, -0.2) is 44.9 Å². The topological polar surface area (TPSA) is 75.7 Å². The van der Waals surface area contributed by atoms with Gasteiger partial charge in [-0.05, 0) is 42.5 Å². The van der Waals surface area contributed by atoms with E-state index in [2.05, 4.69) is 5.32 Å². The lowest BCUT2D eigenvalue weighted by Crippen LogP contribution is -2.40. The summed E-state index contributed by atoms with van der Waals surface area (Å²) in [6.07, 6.45) is -4.58. The molecule has 1 heterocycles. The second-order valence-electron chi connectivity index (χ2n) is 6.19. The first-order chi connectivity index (χ1) is 13.6. The zero-order valence-corrected chi connectivity index (χ0v) is 16.4. The van der Waals surface area contributed by atoms with Crippen molar-refractivity contribution in [2.75, 3.05) is 31.6 Å². The number of nitrogens with one attached hydrogen (secondary N) is 1. The van der Waals surface area contributed by atoms with Crippen molar-refractivity contribution < 1.29 is 31.1 Å². The maximum atomic E-state index is 12.8. The van der Waals surface area contributed by atoms with Crippen LogP contribution in [0.1, 0.15) is 15.9 Å². The largest absolute Gasteiger partial charge is 0.416 e. The molecule has 156 valence electrons. The number of alkyl halides is 3. The van der Waals surface area contributed by atoms with Crippen LogP contribution in [0.2, 0.25) is 5.02 Å². The van der Waals surface area contributed by atoms with Crippen LogP contribution in [0.5, 0.6) is 0 Å². The average molecular weight is 449 g/mol. The van der Waals surface area contributed by atoms with Gasteiger partial charge in [0.15, 0.2) is 0 Å². The van der Waals surface area contributed by atoms with E-state index >= 15 is 0 Å². The third-order valence-corrected chi connectivity index (χ3v) is 6.51. The molecule has 0 aromatic heterocycles. The van der Waals surface area contributed by atoms with Crippen molar-refractivity contribution in [3.63, 3.8) is 0 Å². The van der Waals surface area contributed by atoms with Crippen LogP contribution >= 0.6 is 11.6 Å². The van der Waals surface area contributed by atoms with E-state index in [-0.39, 0.29) is 34.3 Å². The van der Waals surface area contributed by atoms with Crippen molar-refractivity contribution in [2.45, 2.75) is 11.1 Å². The summed E-state index contributed by atoms with van der Waals surface area (Å²) in [5.41, 5.74) is -1.08. The molecule has 3 rings (SSSR count). The highest BCUT2D eigenvalue weighted by molar-refractivity contribution is 7.89. The van der Waals surface area contributed by atoms with Crippen molar-refractivity contribution in [3.05, 3.63) is 58.6 Å². The zero-order chi connectivity index (χ0) is 21.2. The third kappa shape index (κ3) is 4.89. The molecule has 1 aliphatic rings. The summed E-state index contributed by atoms with van der Waals surface area (Å²) < 4.78 is 70.1. The van der Waals surface area contributed by atoms with Crippen molar-refractivity contribution in [2.24, 2.45) is 0 Å². The van der Waals surface area contributed by atoms with Crippen LogP contribution in [0.25, 0.3) is 0 Å². The van der Waals surface area contributed by atoms with Crippen LogP contribution in [-0.2, 0) is 20.9 Å². The van der Waals surface area contributed by atoms with Gasteiger partial charge in [-0.3, -0.25) is 4.79 Å². The summed E-state index contributed by atoms with van der Waals surface area (Å²) in [7, 11) is -3.72. The van der Waals surface area contributed by atoms with E-state index < -0.39 is 27.7 Å². The SMILES string of the molecule is O=C(Nc1cc(C(F)(F)F)ccc1Cl)c1ccc(S(=O)(=O)N2CCOCC2)cc1. The average Bonchev–Trinajstić information content (AvgIpc) is 2.69. The second-order valence-corrected chi connectivity index (χ2v) is 8.53. The molecule has 1 amide bonds. The van der Waals surface area contributed by atoms with Gasteiger partial charge in [-0.25, -0.2) is 8.42 Å². The predicted octanol–water partition coefficient (Wildman–Crippen LogP) is 3.63. The molecule has 1 fully saturated rings. The summed E-state index contributed by atoms with van der Waals surface area (Å²) in [6.45, 7) is 1.08. The van der Waals surface area contributed by atoms with E-state index in [0.717, 1.165) is 18.2 Å². The number of ether oxygens (including phenoxy) is 1. The number of hydrogen-bond donors (Lipinski definition) is 1. The van der Waals surface area contributed by atoms with Crippen LogP contribution in [0, 0.1) is 0 Å². The number of anilines is 1. The predicted molar refractivity (Wildman–Crippen MR) is 100 cm³/mol. The van der Waals surface area contributed by atoms with Gasteiger partial charge in [-0.1, -0.05) is 11.6 Å². The van der Waals surface area contributed by atoms with Crippen molar-refractivity contribution in [3.8, 4) is 0 Å². The van der Waals surface area contributed by atoms with E-state index in [1.807, 2.05) is 0 Å². The molecule has 6 nitrogen and oxygen atoms in total. The Bertz CT molecular complexity index is 1000. The summed E-state index contributed by atoms with van der Waals surface area (Å²) in [5, 5.41) is 2.26. The van der Waals surface area contributed by atoms with Gasteiger partial charge in [-0.2, -0.15) is 17.5 Å². The van der Waals surface area contributed by atoms with Gasteiger partial charge in [0.05, 0.1) is 34.4 Å². The molecule has 29 heavy (non-hydrogen) atoms. The fraction of sp³-hybridized carbons (Fsp3) is 0.278. The Morgan fingerprint density at radius 3 is 2.28 bits per heavy atom. The molecule has 0 saturated carbocycles. The first-order valence-corrected chi connectivity index (χ1v) is 10.3. The standard InChI is InChI=1S/C18H16ClF3N2O4S/c19-15-6-3-13(18(20,21)22)11-16(15)23-17(25)12-1-4-14(5-2-12)29(26,27)24-7-9-28-10-8-24/h1-6,11H,7-10H2,(H,23,25). The highest BCUT2D eigenvalue weighted by atomic mass is 35.5. The maximum absolute atomic E-state index is 12.8. The van der Waals surface area contributed by atoms with Gasteiger partial charge in [0.25, 0.3) is 5.91 Å². The number of carbonyl (C=O) groups excluding carboxylic acids is 1. The fourth-order valence-corrected chi connectivity index (χ4v) is 4.28. The normalized spacial score (nSPS) is 15.9. The zero-order valence-electron chi connectivity index (χ0n) is 14.9. The molecule has 1 aliphatic heterocycles. The Balaban J connectivity index is 1.78. The Kier molecular flexibility index (Phi) is 6.18. The summed E-state index contributed by atoms with van der Waals surface area (Å²) in [6, 6.07) is 7.69. The molecule has 0 radical (unpaired) electrons. The molecular formula is C18H16ClF3N2O4S. The number of rotatable bonds is 4. The number of benzene rings is 2. The fourth-order valence-electron chi connectivity index (χ4n) is 2.71. The molecule has 0 aliphatic carbocycles. The monoisotopic (exact) mass is 448 g/mol. The first-order valence-electron chi connectivity index (χ1n) is 8.45. The van der Waals surface area contributed by atoms with E-state index in [1.165, 1.54) is 28.6 Å². The Morgan fingerprint density at radius 2 is 1.69 bits per heavy atom. The Morgan fingerprint density at radius 1 is 1.07 bits per heavy atom. The van der Waals surface area contributed by atoms with Gasteiger partial charge in [0, 0.05) is 18.7 Å². The number of sulfonamides is 1. The molecule has 2 aromatic rings. The second kappa shape index (κ2) is 8.31. The quantitative estimate of drug-likeness (QED) is 0.775. The molecular weight excluding hydrogens is 433 g/mol. The molecule has 0 unspecified atom stereocenters. The number of morpholine rings is 1. The first kappa shape index (κ1) is 21.6. The van der Waals surface area contributed by atoms with Crippen LogP contribution in [0.15, 0.2) is 47.4 Å². The maximum Gasteiger partial charge on any atom is 0.416 e. The Labute approximate surface area is 170 Å². The molecule has 0 spiro atoms. The van der Waals surface area contributed by atoms with Crippen LogP contribution in [0.4, 0.5) is 18.9 Å². The van der Waals surface area contributed by atoms with E-state index in [1.54, 1.807) is 0 Å². The summed E-state index contributed by atoms with van der Waals surface area (Å²) in [5.74, 6) is -0.721. The molecule has 11 heteroatoms. The van der Waals surface area contributed by atoms with Gasteiger partial charge < -0.3 is 10.1 Å². The minimum absolute atomic E-state index is 0.00745. The molecule has 1 N–H and O–H groups in total. The van der Waals surface area contributed by atoms with E-state index in [9.17, 15) is 26.4 Å². The molecule has 0 atom stereocenters. The molecule has 0 bridgehead atoms. The lowest BCUT2D eigenvalue weighted by atomic mass is 10.1. The lowest BCUT2D eigenvalue weighted by Gasteiger charge is -2.26. The number of carbonyl (C=O) groups is 1. The van der Waals surface area contributed by atoms with Crippen molar-refractivity contribution in [1.82, 2.24) is 4.31 Å². The van der Waals surface area contributed by atoms with Gasteiger partial charge >= 0.3 is 6.18 Å². The highest BCUT2D eigenvalue weighted by Gasteiger charge is 2.31. The molecule has 2 aromatic carbocycles. The lowest BCUT2D eigenvalue weighted by molar-refractivity contribution is -0.137. The van der Waals surface area contributed by atoms with Crippen LogP contribution in [0.3, 0.4) is 0 Å². The van der Waals surface area contributed by atoms with Gasteiger partial charge in [-0.15, -0.1) is 0 Å². The minimum atomic E-state index is -4.58. The van der Waals surface area contributed by atoms with Crippen molar-refractivity contribution in [1.29, 1.82) is 0 Å². The summed E-state index contributed by atoms with van der Waals surface area (Å²) in [4.78, 5) is 12.4. The van der Waals surface area contributed by atoms with Gasteiger partial charge in [0.2, 0.25) is 10.0 Å². The summed E-state index contributed by atoms with van der Waals surface area (Å²) >= 11 is 5.87. The third-order valence-electron chi connectivity index (χ3n) is 4.27. The number of halogens is 4. The number of nitrogens with zero attached hydrogens (tertiary/aromatic N) is 1. The minimum Gasteiger partial charge on any atom is -0.379 e. The van der Waals surface area contributed by atoms with Crippen LogP contribution < -0.4 is 5.32 Å². The van der Waals surface area contributed by atoms with E-state index in [0.29, 0.717) is 13.2 Å². The number of hydrogen-bond acceptors (Lipinski definition) is 4. The highest BCUT2D eigenvalue weighted by Crippen LogP contribution is 2.34. The number of amides is 1. The molecule has 1 saturated heterocycles.